The van der Waals surface area contributed by atoms with E-state index in [0.29, 0.717) is 11.5 Å². The number of hydrogen-bond donors (Lipinski definition) is 1. The number of hydrogen-bond acceptors (Lipinski definition) is 2. The Kier molecular flexibility index (Phi) is 5.30. The van der Waals surface area contributed by atoms with Gasteiger partial charge in [0.2, 0.25) is 0 Å². The van der Waals surface area contributed by atoms with Crippen molar-refractivity contribution in [3.8, 4) is 0 Å². The van der Waals surface area contributed by atoms with Crippen molar-refractivity contribution >= 4 is 0 Å². The third-order valence-electron chi connectivity index (χ3n) is 5.28. The van der Waals surface area contributed by atoms with E-state index < -0.39 is 0 Å². The molecular formula is C17H33NO. The zero-order valence-corrected chi connectivity index (χ0v) is 13.3. The maximum absolute atomic E-state index is 6.55. The Hall–Kier alpha value is -0.0800. The summed E-state index contributed by atoms with van der Waals surface area (Å²) in [7, 11) is 2.08. The molecule has 2 fully saturated rings. The van der Waals surface area contributed by atoms with Crippen LogP contribution in [-0.4, -0.2) is 25.3 Å². The molecule has 0 aromatic heterocycles. The summed E-state index contributed by atoms with van der Waals surface area (Å²) in [6.07, 6.45) is 13.8. The molecule has 1 heterocycles. The number of rotatable bonds is 6. The summed E-state index contributed by atoms with van der Waals surface area (Å²) in [4.78, 5) is 0. The van der Waals surface area contributed by atoms with Gasteiger partial charge in [0.15, 0.2) is 0 Å². The first-order valence-electron chi connectivity index (χ1n) is 8.44. The zero-order chi connectivity index (χ0) is 13.8. The van der Waals surface area contributed by atoms with E-state index in [-0.39, 0.29) is 5.60 Å². The summed E-state index contributed by atoms with van der Waals surface area (Å²) >= 11 is 0. The van der Waals surface area contributed by atoms with Gasteiger partial charge in [0, 0.05) is 6.54 Å². The van der Waals surface area contributed by atoms with Crippen LogP contribution in [0.4, 0.5) is 0 Å². The van der Waals surface area contributed by atoms with Gasteiger partial charge in [0.25, 0.3) is 0 Å². The lowest BCUT2D eigenvalue weighted by molar-refractivity contribution is -0.0762. The van der Waals surface area contributed by atoms with Gasteiger partial charge in [-0.1, -0.05) is 39.5 Å². The maximum Gasteiger partial charge on any atom is 0.0687 e. The Balaban J connectivity index is 1.89. The van der Waals surface area contributed by atoms with E-state index in [0.717, 1.165) is 6.54 Å². The van der Waals surface area contributed by atoms with Crippen molar-refractivity contribution in [1.82, 2.24) is 5.32 Å². The SMILES string of the molecule is CCCC(C)(CNC)CC1CCC2(CCCCC2)O1. The summed E-state index contributed by atoms with van der Waals surface area (Å²) in [5.74, 6) is 0. The molecule has 1 aliphatic heterocycles. The van der Waals surface area contributed by atoms with Crippen LogP contribution in [0, 0.1) is 5.41 Å². The van der Waals surface area contributed by atoms with Crippen LogP contribution >= 0.6 is 0 Å². The Morgan fingerprint density at radius 3 is 2.58 bits per heavy atom. The highest BCUT2D eigenvalue weighted by Crippen LogP contribution is 2.45. The van der Waals surface area contributed by atoms with Crippen molar-refractivity contribution in [2.24, 2.45) is 5.41 Å². The van der Waals surface area contributed by atoms with Crippen LogP contribution in [0.3, 0.4) is 0 Å². The van der Waals surface area contributed by atoms with Gasteiger partial charge in [-0.25, -0.2) is 0 Å². The monoisotopic (exact) mass is 267 g/mol. The van der Waals surface area contributed by atoms with Crippen LogP contribution in [0.2, 0.25) is 0 Å². The summed E-state index contributed by atoms with van der Waals surface area (Å²) in [5, 5.41) is 3.38. The lowest BCUT2D eigenvalue weighted by Gasteiger charge is -2.36. The number of ether oxygens (including phenoxy) is 1. The van der Waals surface area contributed by atoms with E-state index >= 15 is 0 Å². The molecule has 1 aliphatic carbocycles. The average Bonchev–Trinajstić information content (AvgIpc) is 2.73. The molecule has 2 rings (SSSR count). The third-order valence-corrected chi connectivity index (χ3v) is 5.28. The van der Waals surface area contributed by atoms with Gasteiger partial charge in [-0.15, -0.1) is 0 Å². The second kappa shape index (κ2) is 6.58. The highest BCUT2D eigenvalue weighted by Gasteiger charge is 2.42. The van der Waals surface area contributed by atoms with E-state index in [1.807, 2.05) is 0 Å². The van der Waals surface area contributed by atoms with Crippen LogP contribution in [-0.2, 0) is 4.74 Å². The molecule has 2 heteroatoms. The van der Waals surface area contributed by atoms with Crippen LogP contribution in [0.25, 0.3) is 0 Å². The molecule has 2 aliphatic rings. The molecule has 2 atom stereocenters. The lowest BCUT2D eigenvalue weighted by atomic mass is 9.79. The Bertz CT molecular complexity index is 264. The molecule has 1 N–H and O–H groups in total. The molecule has 0 amide bonds. The van der Waals surface area contributed by atoms with Gasteiger partial charge < -0.3 is 10.1 Å². The first-order valence-corrected chi connectivity index (χ1v) is 8.44. The van der Waals surface area contributed by atoms with Crippen LogP contribution in [0.15, 0.2) is 0 Å². The fourth-order valence-corrected chi connectivity index (χ4v) is 4.45. The fraction of sp³-hybridized carbons (Fsp3) is 1.00. The summed E-state index contributed by atoms with van der Waals surface area (Å²) in [5.41, 5.74) is 0.698. The van der Waals surface area contributed by atoms with Gasteiger partial charge >= 0.3 is 0 Å². The normalized spacial score (nSPS) is 29.5. The highest BCUT2D eigenvalue weighted by molar-refractivity contribution is 4.93. The predicted octanol–water partition coefficient (Wildman–Crippen LogP) is 4.28. The van der Waals surface area contributed by atoms with E-state index in [1.54, 1.807) is 0 Å². The average molecular weight is 267 g/mol. The maximum atomic E-state index is 6.55. The molecule has 2 nitrogen and oxygen atoms in total. The highest BCUT2D eigenvalue weighted by atomic mass is 16.5. The lowest BCUT2D eigenvalue weighted by Crippen LogP contribution is -2.36. The standard InChI is InChI=1S/C17H33NO/c1-4-9-16(2,14-18-3)13-15-8-12-17(19-15)10-6-5-7-11-17/h15,18H,4-14H2,1-3H3. The van der Waals surface area contributed by atoms with Crippen LogP contribution in [0.1, 0.15) is 78.1 Å². The molecule has 2 unspecified atom stereocenters. The van der Waals surface area contributed by atoms with E-state index in [2.05, 4.69) is 26.2 Å². The topological polar surface area (TPSA) is 21.3 Å². The van der Waals surface area contributed by atoms with Crippen molar-refractivity contribution in [2.45, 2.75) is 89.8 Å². The Morgan fingerprint density at radius 1 is 1.21 bits per heavy atom. The molecule has 1 saturated carbocycles. The quantitative estimate of drug-likeness (QED) is 0.775. The molecule has 0 radical (unpaired) electrons. The largest absolute Gasteiger partial charge is 0.372 e. The zero-order valence-electron chi connectivity index (χ0n) is 13.3. The van der Waals surface area contributed by atoms with E-state index in [1.165, 1.54) is 64.2 Å². The van der Waals surface area contributed by atoms with Crippen molar-refractivity contribution in [3.63, 3.8) is 0 Å². The minimum absolute atomic E-state index is 0.287. The molecule has 1 saturated heterocycles. The Labute approximate surface area is 119 Å². The van der Waals surface area contributed by atoms with Gasteiger partial charge in [-0.05, 0) is 51.0 Å². The molecular weight excluding hydrogens is 234 g/mol. The molecule has 0 bridgehead atoms. The molecule has 0 aromatic rings. The van der Waals surface area contributed by atoms with Crippen molar-refractivity contribution in [3.05, 3.63) is 0 Å². The van der Waals surface area contributed by atoms with Gasteiger partial charge in [0.05, 0.1) is 11.7 Å². The van der Waals surface area contributed by atoms with Crippen molar-refractivity contribution in [2.75, 3.05) is 13.6 Å². The first kappa shape index (κ1) is 15.3. The minimum atomic E-state index is 0.287. The Morgan fingerprint density at radius 2 is 1.95 bits per heavy atom. The fourth-order valence-electron chi connectivity index (χ4n) is 4.45. The van der Waals surface area contributed by atoms with Crippen molar-refractivity contribution < 1.29 is 4.74 Å². The summed E-state index contributed by atoms with van der Waals surface area (Å²) < 4.78 is 6.55. The van der Waals surface area contributed by atoms with Crippen LogP contribution < -0.4 is 5.32 Å². The predicted molar refractivity (Wildman–Crippen MR) is 81.5 cm³/mol. The third kappa shape index (κ3) is 3.95. The van der Waals surface area contributed by atoms with E-state index in [4.69, 9.17) is 4.74 Å². The summed E-state index contributed by atoms with van der Waals surface area (Å²) in [6, 6.07) is 0. The van der Waals surface area contributed by atoms with Gasteiger partial charge in [-0.2, -0.15) is 0 Å². The molecule has 0 aromatic carbocycles. The van der Waals surface area contributed by atoms with E-state index in [9.17, 15) is 0 Å². The molecule has 112 valence electrons. The smallest absolute Gasteiger partial charge is 0.0687 e. The first-order chi connectivity index (χ1) is 9.11. The second-order valence-electron chi connectivity index (χ2n) is 7.32. The van der Waals surface area contributed by atoms with Crippen molar-refractivity contribution in [1.29, 1.82) is 0 Å². The summed E-state index contributed by atoms with van der Waals surface area (Å²) in [6.45, 7) is 5.85. The van der Waals surface area contributed by atoms with Gasteiger partial charge in [0.1, 0.15) is 0 Å². The second-order valence-corrected chi connectivity index (χ2v) is 7.32. The van der Waals surface area contributed by atoms with Crippen LogP contribution in [0.5, 0.6) is 0 Å². The molecule has 1 spiro atoms. The number of nitrogens with one attached hydrogen (secondary N) is 1. The van der Waals surface area contributed by atoms with Gasteiger partial charge in [-0.3, -0.25) is 0 Å². The molecule has 19 heavy (non-hydrogen) atoms. The minimum Gasteiger partial charge on any atom is -0.372 e.